The minimum absolute atomic E-state index is 0.499. The summed E-state index contributed by atoms with van der Waals surface area (Å²) in [6.07, 6.45) is 3.31. The first-order valence-electron chi connectivity index (χ1n) is 6.33. The molecule has 0 unspecified atom stereocenters. The first-order chi connectivity index (χ1) is 8.81. The monoisotopic (exact) mass is 262 g/mol. The topological polar surface area (TPSA) is 38.9 Å². The molecule has 1 heterocycles. The van der Waals surface area contributed by atoms with E-state index in [1.54, 1.807) is 0 Å². The lowest BCUT2D eigenvalue weighted by Gasteiger charge is -2.05. The van der Waals surface area contributed by atoms with Crippen molar-refractivity contribution in [1.29, 1.82) is 0 Å². The molecule has 3 rings (SSSR count). The lowest BCUT2D eigenvalue weighted by molar-refractivity contribution is 0.380. The fourth-order valence-corrected chi connectivity index (χ4v) is 2.33. The Bertz CT molecular complexity index is 561. The summed E-state index contributed by atoms with van der Waals surface area (Å²) in [5, 5.41) is 4.06. The van der Waals surface area contributed by atoms with Crippen LogP contribution in [0.5, 0.6) is 0 Å². The van der Waals surface area contributed by atoms with Gasteiger partial charge >= 0.3 is 0 Å². The van der Waals surface area contributed by atoms with Crippen molar-refractivity contribution in [2.75, 3.05) is 0 Å². The molecule has 0 bridgehead atoms. The molecule has 1 aromatic carbocycles. The number of benzene rings is 1. The summed E-state index contributed by atoms with van der Waals surface area (Å²) in [6.45, 7) is 2.13. The van der Waals surface area contributed by atoms with Crippen LogP contribution in [-0.2, 0) is 12.3 Å². The third-order valence-corrected chi connectivity index (χ3v) is 3.65. The summed E-state index contributed by atoms with van der Waals surface area (Å²) in [6, 6.07) is 6.17. The second kappa shape index (κ2) is 4.73. The van der Waals surface area contributed by atoms with Gasteiger partial charge in [0, 0.05) is 17.4 Å². The van der Waals surface area contributed by atoms with Crippen LogP contribution in [-0.4, -0.2) is 10.1 Å². The highest BCUT2D eigenvalue weighted by atomic mass is 35.5. The van der Waals surface area contributed by atoms with Crippen molar-refractivity contribution >= 4 is 11.6 Å². The van der Waals surface area contributed by atoms with Crippen molar-refractivity contribution in [1.82, 2.24) is 10.1 Å². The van der Waals surface area contributed by atoms with Crippen LogP contribution in [0.2, 0.25) is 0 Å². The van der Waals surface area contributed by atoms with Gasteiger partial charge in [-0.25, -0.2) is 0 Å². The summed E-state index contributed by atoms with van der Waals surface area (Å²) in [5.74, 6) is 2.51. The van der Waals surface area contributed by atoms with Crippen molar-refractivity contribution < 1.29 is 4.52 Å². The highest BCUT2D eigenvalue weighted by molar-refractivity contribution is 6.17. The molecule has 0 saturated heterocycles. The van der Waals surface area contributed by atoms with Crippen LogP contribution in [0.4, 0.5) is 0 Å². The number of halogens is 1. The van der Waals surface area contributed by atoms with E-state index >= 15 is 0 Å². The Kier molecular flexibility index (Phi) is 3.08. The van der Waals surface area contributed by atoms with Crippen molar-refractivity contribution in [3.8, 4) is 11.4 Å². The summed E-state index contributed by atoms with van der Waals surface area (Å²) in [5.41, 5.74) is 3.44. The van der Waals surface area contributed by atoms with Crippen molar-refractivity contribution in [3.05, 3.63) is 35.2 Å². The normalized spacial score (nSPS) is 15.0. The molecule has 1 fully saturated rings. The fraction of sp³-hybridized carbons (Fsp3) is 0.429. The van der Waals surface area contributed by atoms with Gasteiger partial charge in [-0.05, 0) is 36.5 Å². The van der Waals surface area contributed by atoms with Gasteiger partial charge in [0.25, 0.3) is 0 Å². The van der Waals surface area contributed by atoms with E-state index in [1.807, 2.05) is 12.1 Å². The van der Waals surface area contributed by atoms with E-state index in [9.17, 15) is 0 Å². The van der Waals surface area contributed by atoms with Gasteiger partial charge in [0.05, 0.1) is 0 Å². The predicted molar refractivity (Wildman–Crippen MR) is 70.6 cm³/mol. The van der Waals surface area contributed by atoms with E-state index in [2.05, 4.69) is 23.1 Å². The first kappa shape index (κ1) is 11.7. The molecule has 4 heteroatoms. The van der Waals surface area contributed by atoms with Crippen molar-refractivity contribution in [3.63, 3.8) is 0 Å². The second-order valence-corrected chi connectivity index (χ2v) is 4.97. The van der Waals surface area contributed by atoms with Crippen LogP contribution in [0.25, 0.3) is 11.4 Å². The maximum absolute atomic E-state index is 5.91. The molecule has 94 valence electrons. The first-order valence-corrected chi connectivity index (χ1v) is 6.87. The number of rotatable bonds is 4. The standard InChI is InChI=1S/C14H15ClN2O/c1-2-9-7-11(5-6-12(9)8-15)13-16-14(18-17-13)10-3-4-10/h5-7,10H,2-4,8H2,1H3. The summed E-state index contributed by atoms with van der Waals surface area (Å²) < 4.78 is 5.29. The van der Waals surface area contributed by atoms with Crippen LogP contribution in [0.15, 0.2) is 22.7 Å². The van der Waals surface area contributed by atoms with Gasteiger partial charge < -0.3 is 4.52 Å². The number of aromatic nitrogens is 2. The van der Waals surface area contributed by atoms with E-state index < -0.39 is 0 Å². The fourth-order valence-electron chi connectivity index (χ4n) is 2.07. The molecule has 2 aromatic rings. The molecular weight excluding hydrogens is 248 g/mol. The molecule has 0 amide bonds. The van der Waals surface area contributed by atoms with Gasteiger partial charge in [-0.15, -0.1) is 11.6 Å². The Hall–Kier alpha value is -1.35. The van der Waals surface area contributed by atoms with E-state index in [0.717, 1.165) is 17.9 Å². The highest BCUT2D eigenvalue weighted by Gasteiger charge is 2.29. The van der Waals surface area contributed by atoms with Gasteiger partial charge in [-0.2, -0.15) is 4.98 Å². The molecule has 0 atom stereocenters. The Morgan fingerprint density at radius 2 is 2.17 bits per heavy atom. The Morgan fingerprint density at radius 3 is 2.83 bits per heavy atom. The van der Waals surface area contributed by atoms with Gasteiger partial charge in [0.2, 0.25) is 11.7 Å². The summed E-state index contributed by atoms with van der Waals surface area (Å²) in [7, 11) is 0. The molecule has 1 aromatic heterocycles. The summed E-state index contributed by atoms with van der Waals surface area (Å²) in [4.78, 5) is 4.46. The SMILES string of the molecule is CCc1cc(-c2noc(C3CC3)n2)ccc1CCl. The molecule has 18 heavy (non-hydrogen) atoms. The van der Waals surface area contributed by atoms with Gasteiger partial charge in [-0.3, -0.25) is 0 Å². The summed E-state index contributed by atoms with van der Waals surface area (Å²) >= 11 is 5.91. The number of hydrogen-bond donors (Lipinski definition) is 0. The van der Waals surface area contributed by atoms with E-state index in [-0.39, 0.29) is 0 Å². The quantitative estimate of drug-likeness (QED) is 0.784. The molecule has 0 N–H and O–H groups in total. The van der Waals surface area contributed by atoms with Gasteiger partial charge in [0.1, 0.15) is 0 Å². The average Bonchev–Trinajstić information content (AvgIpc) is 3.16. The molecule has 1 aliphatic carbocycles. The van der Waals surface area contributed by atoms with Crippen LogP contribution >= 0.6 is 11.6 Å². The Balaban J connectivity index is 1.94. The minimum Gasteiger partial charge on any atom is -0.339 e. The number of nitrogens with zero attached hydrogens (tertiary/aromatic N) is 2. The number of hydrogen-bond acceptors (Lipinski definition) is 3. The van der Waals surface area contributed by atoms with Gasteiger partial charge in [0.15, 0.2) is 0 Å². The Morgan fingerprint density at radius 1 is 1.33 bits per heavy atom. The van der Waals surface area contributed by atoms with Crippen molar-refractivity contribution in [2.24, 2.45) is 0 Å². The number of alkyl halides is 1. The highest BCUT2D eigenvalue weighted by Crippen LogP contribution is 2.39. The maximum atomic E-state index is 5.91. The van der Waals surface area contributed by atoms with Crippen LogP contribution in [0, 0.1) is 0 Å². The third-order valence-electron chi connectivity index (χ3n) is 3.36. The van der Waals surface area contributed by atoms with E-state index in [4.69, 9.17) is 16.1 Å². The van der Waals surface area contributed by atoms with Crippen LogP contribution in [0.3, 0.4) is 0 Å². The molecule has 1 aliphatic rings. The lowest BCUT2D eigenvalue weighted by Crippen LogP contribution is -1.91. The average molecular weight is 263 g/mol. The molecular formula is C14H15ClN2O. The van der Waals surface area contributed by atoms with Gasteiger partial charge in [-0.1, -0.05) is 24.2 Å². The zero-order valence-electron chi connectivity index (χ0n) is 10.3. The molecule has 3 nitrogen and oxygen atoms in total. The minimum atomic E-state index is 0.499. The molecule has 1 saturated carbocycles. The molecule has 0 radical (unpaired) electrons. The molecule has 0 aliphatic heterocycles. The van der Waals surface area contributed by atoms with Crippen LogP contribution < -0.4 is 0 Å². The third kappa shape index (κ3) is 2.15. The smallest absolute Gasteiger partial charge is 0.230 e. The largest absolute Gasteiger partial charge is 0.339 e. The second-order valence-electron chi connectivity index (χ2n) is 4.70. The van der Waals surface area contributed by atoms with Crippen LogP contribution in [0.1, 0.15) is 42.7 Å². The number of aryl methyl sites for hydroxylation is 1. The van der Waals surface area contributed by atoms with Crippen molar-refractivity contribution in [2.45, 2.75) is 38.0 Å². The zero-order valence-corrected chi connectivity index (χ0v) is 11.1. The zero-order chi connectivity index (χ0) is 12.5. The Labute approximate surface area is 111 Å². The lowest BCUT2D eigenvalue weighted by atomic mass is 10.0. The predicted octanol–water partition coefficient (Wildman–Crippen LogP) is 3.92. The molecule has 0 spiro atoms. The maximum Gasteiger partial charge on any atom is 0.230 e. The van der Waals surface area contributed by atoms with E-state index in [0.29, 0.717) is 17.6 Å². The van der Waals surface area contributed by atoms with E-state index in [1.165, 1.54) is 24.0 Å².